The van der Waals surface area contributed by atoms with Gasteiger partial charge in [0, 0.05) is 13.1 Å². The van der Waals surface area contributed by atoms with E-state index < -0.39 is 10.8 Å². The molecule has 7 nitrogen and oxygen atoms in total. The van der Waals surface area contributed by atoms with Crippen molar-refractivity contribution in [3.05, 3.63) is 30.3 Å². The van der Waals surface area contributed by atoms with Crippen LogP contribution in [0.25, 0.3) is 5.69 Å². The minimum atomic E-state index is -0.905. The molecule has 1 saturated heterocycles. The standard InChI is InChI=1S/C22H30N6OS/c1-16(2)22(4,15-23)24-19(29)17(3)30-21-26-25-20(27-13-9-6-10-14-27)28(21)18-11-7-5-8-12-18/h5,7-8,11-12,16-17H,6,9-10,13-14H2,1-4H3,(H,24,29)/t17-,22+/m1/s1. The second-order valence-electron chi connectivity index (χ2n) is 8.22. The molecule has 1 aliphatic heterocycles. The number of aromatic nitrogens is 3. The molecule has 1 N–H and O–H groups in total. The van der Waals surface area contributed by atoms with Crippen LogP contribution in [-0.4, -0.2) is 44.6 Å². The molecule has 0 bridgehead atoms. The van der Waals surface area contributed by atoms with Crippen LogP contribution in [0.1, 0.15) is 47.0 Å². The molecular weight excluding hydrogens is 396 g/mol. The molecule has 2 atom stereocenters. The number of para-hydroxylation sites is 1. The predicted molar refractivity (Wildman–Crippen MR) is 120 cm³/mol. The Hall–Kier alpha value is -2.53. The number of nitriles is 1. The van der Waals surface area contributed by atoms with Crippen LogP contribution in [0.5, 0.6) is 0 Å². The molecule has 0 saturated carbocycles. The highest BCUT2D eigenvalue weighted by Crippen LogP contribution is 2.31. The minimum Gasteiger partial charge on any atom is -0.341 e. The maximum atomic E-state index is 12.8. The van der Waals surface area contributed by atoms with Crippen molar-refractivity contribution in [3.63, 3.8) is 0 Å². The van der Waals surface area contributed by atoms with Crippen LogP contribution in [-0.2, 0) is 4.79 Å². The zero-order valence-corrected chi connectivity index (χ0v) is 18.9. The largest absolute Gasteiger partial charge is 0.341 e. The number of nitrogens with one attached hydrogen (secondary N) is 1. The summed E-state index contributed by atoms with van der Waals surface area (Å²) in [6, 6.07) is 12.2. The van der Waals surface area contributed by atoms with Crippen LogP contribution >= 0.6 is 11.8 Å². The van der Waals surface area contributed by atoms with Gasteiger partial charge in [0.1, 0.15) is 5.54 Å². The fourth-order valence-electron chi connectivity index (χ4n) is 3.31. The number of carbonyl (C=O) groups excluding carboxylic acids is 1. The molecule has 2 aromatic rings. The second-order valence-corrected chi connectivity index (χ2v) is 9.53. The topological polar surface area (TPSA) is 86.8 Å². The van der Waals surface area contributed by atoms with Crippen LogP contribution in [0.4, 0.5) is 5.95 Å². The molecule has 1 aliphatic rings. The van der Waals surface area contributed by atoms with Gasteiger partial charge in [0.2, 0.25) is 11.9 Å². The highest BCUT2D eigenvalue weighted by atomic mass is 32.2. The van der Waals surface area contributed by atoms with E-state index in [1.54, 1.807) is 6.92 Å². The van der Waals surface area contributed by atoms with Crippen molar-refractivity contribution in [2.24, 2.45) is 5.92 Å². The monoisotopic (exact) mass is 426 g/mol. The van der Waals surface area contributed by atoms with Crippen LogP contribution < -0.4 is 10.2 Å². The Balaban J connectivity index is 1.86. The molecular formula is C22H30N6OS. The summed E-state index contributed by atoms with van der Waals surface area (Å²) in [6.45, 7) is 9.37. The van der Waals surface area contributed by atoms with E-state index in [0.717, 1.165) is 37.6 Å². The van der Waals surface area contributed by atoms with Gasteiger partial charge >= 0.3 is 0 Å². The van der Waals surface area contributed by atoms with Gasteiger partial charge in [-0.25, -0.2) is 0 Å². The summed E-state index contributed by atoms with van der Waals surface area (Å²) in [5.74, 6) is 0.641. The molecule has 3 rings (SSSR count). The van der Waals surface area contributed by atoms with Gasteiger partial charge in [0.15, 0.2) is 5.16 Å². The van der Waals surface area contributed by atoms with Gasteiger partial charge in [-0.2, -0.15) is 5.26 Å². The summed E-state index contributed by atoms with van der Waals surface area (Å²) in [5, 5.41) is 21.6. The first-order chi connectivity index (χ1) is 14.4. The number of nitrogens with zero attached hydrogens (tertiary/aromatic N) is 5. The lowest BCUT2D eigenvalue weighted by atomic mass is 9.90. The number of hydrogen-bond acceptors (Lipinski definition) is 6. The van der Waals surface area contributed by atoms with E-state index in [2.05, 4.69) is 26.5 Å². The van der Waals surface area contributed by atoms with E-state index in [-0.39, 0.29) is 11.8 Å². The van der Waals surface area contributed by atoms with Crippen molar-refractivity contribution in [2.45, 2.75) is 62.9 Å². The number of amides is 1. The Labute approximate surface area is 182 Å². The number of thioether (sulfide) groups is 1. The van der Waals surface area contributed by atoms with Crippen molar-refractivity contribution >= 4 is 23.6 Å². The lowest BCUT2D eigenvalue weighted by Gasteiger charge is -2.29. The zero-order chi connectivity index (χ0) is 21.7. The molecule has 2 heterocycles. The Morgan fingerprint density at radius 3 is 2.43 bits per heavy atom. The number of piperidine rings is 1. The third-order valence-corrected chi connectivity index (χ3v) is 6.73. The number of benzene rings is 1. The lowest BCUT2D eigenvalue weighted by Crippen LogP contribution is -2.51. The maximum absolute atomic E-state index is 12.8. The van der Waals surface area contributed by atoms with E-state index in [4.69, 9.17) is 0 Å². The molecule has 0 spiro atoms. The first-order valence-electron chi connectivity index (χ1n) is 10.5. The molecule has 1 fully saturated rings. The normalized spacial score (nSPS) is 17.3. The lowest BCUT2D eigenvalue weighted by molar-refractivity contribution is -0.121. The molecule has 8 heteroatoms. The van der Waals surface area contributed by atoms with Gasteiger partial charge < -0.3 is 10.2 Å². The third-order valence-electron chi connectivity index (χ3n) is 5.69. The smallest absolute Gasteiger partial charge is 0.234 e. The van der Waals surface area contributed by atoms with Crippen LogP contribution in [0.3, 0.4) is 0 Å². The molecule has 30 heavy (non-hydrogen) atoms. The van der Waals surface area contributed by atoms with Gasteiger partial charge in [0.05, 0.1) is 17.0 Å². The highest BCUT2D eigenvalue weighted by Gasteiger charge is 2.32. The minimum absolute atomic E-state index is 0.00215. The zero-order valence-electron chi connectivity index (χ0n) is 18.1. The van der Waals surface area contributed by atoms with Gasteiger partial charge in [-0.05, 0) is 51.2 Å². The summed E-state index contributed by atoms with van der Waals surface area (Å²) < 4.78 is 2.03. The molecule has 1 aromatic carbocycles. The summed E-state index contributed by atoms with van der Waals surface area (Å²) in [5.41, 5.74) is 0.0695. The van der Waals surface area contributed by atoms with E-state index in [9.17, 15) is 10.1 Å². The van der Waals surface area contributed by atoms with Crippen LogP contribution in [0, 0.1) is 17.2 Å². The Morgan fingerprint density at radius 2 is 1.83 bits per heavy atom. The van der Waals surface area contributed by atoms with Crippen molar-refractivity contribution in [3.8, 4) is 11.8 Å². The Morgan fingerprint density at radius 1 is 1.17 bits per heavy atom. The summed E-state index contributed by atoms with van der Waals surface area (Å²) >= 11 is 1.36. The third kappa shape index (κ3) is 4.78. The maximum Gasteiger partial charge on any atom is 0.234 e. The van der Waals surface area contributed by atoms with Gasteiger partial charge in [0.25, 0.3) is 0 Å². The average molecular weight is 427 g/mol. The molecule has 0 radical (unpaired) electrons. The molecule has 160 valence electrons. The summed E-state index contributed by atoms with van der Waals surface area (Å²) in [7, 11) is 0. The second kappa shape index (κ2) is 9.52. The fourth-order valence-corrected chi connectivity index (χ4v) is 4.17. The van der Waals surface area contributed by atoms with Crippen LogP contribution in [0.15, 0.2) is 35.5 Å². The molecule has 0 aliphatic carbocycles. The van der Waals surface area contributed by atoms with Crippen molar-refractivity contribution < 1.29 is 4.79 Å². The average Bonchev–Trinajstić information content (AvgIpc) is 3.18. The first-order valence-corrected chi connectivity index (χ1v) is 11.4. The van der Waals surface area contributed by atoms with E-state index in [0.29, 0.717) is 5.16 Å². The van der Waals surface area contributed by atoms with E-state index >= 15 is 0 Å². The van der Waals surface area contributed by atoms with Gasteiger partial charge in [-0.3, -0.25) is 9.36 Å². The molecule has 1 amide bonds. The van der Waals surface area contributed by atoms with Crippen LogP contribution in [0.2, 0.25) is 0 Å². The summed E-state index contributed by atoms with van der Waals surface area (Å²) in [6.07, 6.45) is 3.53. The molecule has 1 aromatic heterocycles. The Bertz CT molecular complexity index is 900. The van der Waals surface area contributed by atoms with Gasteiger partial charge in [-0.1, -0.05) is 43.8 Å². The van der Waals surface area contributed by atoms with E-state index in [1.165, 1.54) is 18.2 Å². The van der Waals surface area contributed by atoms with Crippen molar-refractivity contribution in [1.29, 1.82) is 5.26 Å². The number of rotatable bonds is 7. The van der Waals surface area contributed by atoms with Crippen molar-refractivity contribution in [2.75, 3.05) is 18.0 Å². The number of hydrogen-bond donors (Lipinski definition) is 1. The fraction of sp³-hybridized carbons (Fsp3) is 0.545. The van der Waals surface area contributed by atoms with Gasteiger partial charge in [-0.15, -0.1) is 10.2 Å². The van der Waals surface area contributed by atoms with Crippen molar-refractivity contribution in [1.82, 2.24) is 20.1 Å². The summed E-state index contributed by atoms with van der Waals surface area (Å²) in [4.78, 5) is 15.1. The SMILES string of the molecule is CC(C)[C@](C)(C#N)NC(=O)[C@@H](C)Sc1nnc(N2CCCCC2)n1-c1ccccc1. The van der Waals surface area contributed by atoms with E-state index in [1.807, 2.05) is 55.7 Å². The Kier molecular flexibility index (Phi) is 7.03. The quantitative estimate of drug-likeness (QED) is 0.678. The molecule has 0 unspecified atom stereocenters. The predicted octanol–water partition coefficient (Wildman–Crippen LogP) is 3.79. The number of carbonyl (C=O) groups is 1. The first kappa shape index (κ1) is 22.2. The highest BCUT2D eigenvalue weighted by molar-refractivity contribution is 8.00. The number of anilines is 1.